The maximum Gasteiger partial charge on any atom is 0.254 e. The number of amides is 2. The maximum atomic E-state index is 13.1. The van der Waals surface area contributed by atoms with E-state index in [0.717, 1.165) is 48.2 Å². The standard InChI is InChI=1S/C21H30N2O3/c1-4-26-19-14-15(2)18(13-16(19)3)21(25)23-10-6-9-22(11-12-23)20(24)17-7-5-8-17/h13-14,17H,4-12H2,1-3H3. The molecule has 1 saturated carbocycles. The van der Waals surface area contributed by atoms with Crippen LogP contribution in [0.25, 0.3) is 0 Å². The van der Waals surface area contributed by atoms with E-state index in [0.29, 0.717) is 32.1 Å². The lowest BCUT2D eigenvalue weighted by molar-refractivity contribution is -0.138. The van der Waals surface area contributed by atoms with Crippen LogP contribution in [-0.2, 0) is 4.79 Å². The molecule has 1 aromatic rings. The highest BCUT2D eigenvalue weighted by Crippen LogP contribution is 2.29. The fourth-order valence-electron chi connectivity index (χ4n) is 3.76. The normalized spacial score (nSPS) is 18.3. The molecule has 0 spiro atoms. The first-order valence-corrected chi connectivity index (χ1v) is 9.83. The SMILES string of the molecule is CCOc1cc(C)c(C(=O)N2CCCN(C(=O)C3CCC3)CC2)cc1C. The first kappa shape index (κ1) is 18.7. The number of rotatable bonds is 4. The van der Waals surface area contributed by atoms with Crippen molar-refractivity contribution in [2.75, 3.05) is 32.8 Å². The average Bonchev–Trinajstić information content (AvgIpc) is 2.82. The molecule has 26 heavy (non-hydrogen) atoms. The number of hydrogen-bond acceptors (Lipinski definition) is 3. The minimum Gasteiger partial charge on any atom is -0.494 e. The Labute approximate surface area is 156 Å². The summed E-state index contributed by atoms with van der Waals surface area (Å²) in [5, 5.41) is 0. The lowest BCUT2D eigenvalue weighted by Gasteiger charge is -2.31. The molecule has 1 aliphatic heterocycles. The second-order valence-corrected chi connectivity index (χ2v) is 7.46. The fourth-order valence-corrected chi connectivity index (χ4v) is 3.76. The van der Waals surface area contributed by atoms with Crippen LogP contribution in [0.15, 0.2) is 12.1 Å². The lowest BCUT2D eigenvalue weighted by Crippen LogP contribution is -2.41. The zero-order valence-electron chi connectivity index (χ0n) is 16.2. The zero-order valence-corrected chi connectivity index (χ0v) is 16.2. The summed E-state index contributed by atoms with van der Waals surface area (Å²) in [7, 11) is 0. The number of nitrogens with zero attached hydrogens (tertiary/aromatic N) is 2. The highest BCUT2D eigenvalue weighted by Gasteiger charge is 2.31. The van der Waals surface area contributed by atoms with Gasteiger partial charge >= 0.3 is 0 Å². The highest BCUT2D eigenvalue weighted by atomic mass is 16.5. The van der Waals surface area contributed by atoms with Crippen molar-refractivity contribution in [1.82, 2.24) is 9.80 Å². The topological polar surface area (TPSA) is 49.9 Å². The number of carbonyl (C=O) groups is 2. The van der Waals surface area contributed by atoms with Crippen LogP contribution in [0.3, 0.4) is 0 Å². The Morgan fingerprint density at radius 1 is 1.00 bits per heavy atom. The molecule has 2 aliphatic rings. The fraction of sp³-hybridized carbons (Fsp3) is 0.619. The number of ether oxygens (including phenoxy) is 1. The van der Waals surface area contributed by atoms with Crippen molar-refractivity contribution in [2.24, 2.45) is 5.92 Å². The molecule has 1 heterocycles. The van der Waals surface area contributed by atoms with Gasteiger partial charge in [0.2, 0.25) is 5.91 Å². The Bertz CT molecular complexity index is 682. The van der Waals surface area contributed by atoms with Gasteiger partial charge in [0.05, 0.1) is 6.61 Å². The molecule has 142 valence electrons. The molecule has 0 N–H and O–H groups in total. The molecule has 0 unspecified atom stereocenters. The first-order valence-electron chi connectivity index (χ1n) is 9.83. The van der Waals surface area contributed by atoms with Crippen LogP contribution < -0.4 is 4.74 Å². The molecule has 1 aliphatic carbocycles. The summed E-state index contributed by atoms with van der Waals surface area (Å²) >= 11 is 0. The van der Waals surface area contributed by atoms with Crippen molar-refractivity contribution in [2.45, 2.75) is 46.5 Å². The predicted octanol–water partition coefficient (Wildman–Crippen LogP) is 3.18. The van der Waals surface area contributed by atoms with Gasteiger partial charge in [-0.1, -0.05) is 6.42 Å². The van der Waals surface area contributed by atoms with Crippen molar-refractivity contribution < 1.29 is 14.3 Å². The molecular weight excluding hydrogens is 328 g/mol. The Morgan fingerprint density at radius 3 is 2.35 bits per heavy atom. The van der Waals surface area contributed by atoms with Crippen LogP contribution in [0.1, 0.15) is 54.1 Å². The van der Waals surface area contributed by atoms with Gasteiger partial charge in [-0.3, -0.25) is 9.59 Å². The van der Waals surface area contributed by atoms with Crippen molar-refractivity contribution in [3.63, 3.8) is 0 Å². The van der Waals surface area contributed by atoms with Gasteiger partial charge in [-0.25, -0.2) is 0 Å². The quantitative estimate of drug-likeness (QED) is 0.831. The smallest absolute Gasteiger partial charge is 0.254 e. The first-order chi connectivity index (χ1) is 12.5. The molecule has 1 aromatic carbocycles. The summed E-state index contributed by atoms with van der Waals surface area (Å²) in [5.41, 5.74) is 2.66. The van der Waals surface area contributed by atoms with E-state index < -0.39 is 0 Å². The molecule has 1 saturated heterocycles. The van der Waals surface area contributed by atoms with Crippen molar-refractivity contribution >= 4 is 11.8 Å². The molecule has 2 amide bonds. The zero-order chi connectivity index (χ0) is 18.7. The number of benzene rings is 1. The second kappa shape index (κ2) is 8.11. The second-order valence-electron chi connectivity index (χ2n) is 7.46. The molecule has 0 radical (unpaired) electrons. The molecule has 0 aromatic heterocycles. The third-order valence-electron chi connectivity index (χ3n) is 5.60. The maximum absolute atomic E-state index is 13.1. The van der Waals surface area contributed by atoms with Gasteiger partial charge in [-0.05, 0) is 63.3 Å². The van der Waals surface area contributed by atoms with Crippen LogP contribution in [0.5, 0.6) is 5.75 Å². The van der Waals surface area contributed by atoms with E-state index >= 15 is 0 Å². The molecule has 0 bridgehead atoms. The van der Waals surface area contributed by atoms with Crippen molar-refractivity contribution in [3.05, 3.63) is 28.8 Å². The molecule has 5 nitrogen and oxygen atoms in total. The summed E-state index contributed by atoms with van der Waals surface area (Å²) in [6.45, 7) is 9.24. The monoisotopic (exact) mass is 358 g/mol. The van der Waals surface area contributed by atoms with E-state index in [4.69, 9.17) is 4.74 Å². The largest absolute Gasteiger partial charge is 0.494 e. The van der Waals surface area contributed by atoms with E-state index in [1.54, 1.807) is 0 Å². The summed E-state index contributed by atoms with van der Waals surface area (Å²) in [4.78, 5) is 29.4. The number of aryl methyl sites for hydroxylation is 2. The Kier molecular flexibility index (Phi) is 5.84. The summed E-state index contributed by atoms with van der Waals surface area (Å²) < 4.78 is 5.63. The van der Waals surface area contributed by atoms with Crippen molar-refractivity contribution in [3.8, 4) is 5.75 Å². The third-order valence-corrected chi connectivity index (χ3v) is 5.60. The number of hydrogen-bond donors (Lipinski definition) is 0. The Balaban J connectivity index is 1.68. The predicted molar refractivity (Wildman–Crippen MR) is 102 cm³/mol. The number of carbonyl (C=O) groups excluding carboxylic acids is 2. The van der Waals surface area contributed by atoms with Crippen LogP contribution in [0.4, 0.5) is 0 Å². The van der Waals surface area contributed by atoms with Crippen LogP contribution >= 0.6 is 0 Å². The molecular formula is C21H30N2O3. The summed E-state index contributed by atoms with van der Waals surface area (Å²) in [6.07, 6.45) is 4.08. The highest BCUT2D eigenvalue weighted by molar-refractivity contribution is 5.96. The van der Waals surface area contributed by atoms with Gasteiger partial charge in [-0.2, -0.15) is 0 Å². The minimum absolute atomic E-state index is 0.0617. The molecule has 5 heteroatoms. The summed E-state index contributed by atoms with van der Waals surface area (Å²) in [6, 6.07) is 3.89. The van der Waals surface area contributed by atoms with Gasteiger partial charge in [0, 0.05) is 37.7 Å². The van der Waals surface area contributed by atoms with Gasteiger partial charge in [0.25, 0.3) is 5.91 Å². The van der Waals surface area contributed by atoms with E-state index in [1.807, 2.05) is 42.7 Å². The van der Waals surface area contributed by atoms with Crippen LogP contribution in [0, 0.1) is 19.8 Å². The van der Waals surface area contributed by atoms with Gasteiger partial charge in [0.1, 0.15) is 5.75 Å². The van der Waals surface area contributed by atoms with E-state index in [2.05, 4.69) is 0 Å². The van der Waals surface area contributed by atoms with Gasteiger partial charge in [0.15, 0.2) is 0 Å². The van der Waals surface area contributed by atoms with Gasteiger partial charge < -0.3 is 14.5 Å². The van der Waals surface area contributed by atoms with Crippen molar-refractivity contribution in [1.29, 1.82) is 0 Å². The lowest BCUT2D eigenvalue weighted by atomic mass is 9.84. The minimum atomic E-state index is 0.0617. The Morgan fingerprint density at radius 2 is 1.69 bits per heavy atom. The molecule has 2 fully saturated rings. The molecule has 3 rings (SSSR count). The average molecular weight is 358 g/mol. The van der Waals surface area contributed by atoms with Gasteiger partial charge in [-0.15, -0.1) is 0 Å². The Hall–Kier alpha value is -2.04. The van der Waals surface area contributed by atoms with Crippen LogP contribution in [-0.4, -0.2) is 54.4 Å². The third kappa shape index (κ3) is 3.87. The molecule has 0 atom stereocenters. The van der Waals surface area contributed by atoms with Crippen LogP contribution in [0.2, 0.25) is 0 Å². The van der Waals surface area contributed by atoms with E-state index in [9.17, 15) is 9.59 Å². The summed E-state index contributed by atoms with van der Waals surface area (Å²) in [5.74, 6) is 1.42. The van der Waals surface area contributed by atoms with E-state index in [1.165, 1.54) is 6.42 Å². The van der Waals surface area contributed by atoms with E-state index in [-0.39, 0.29) is 11.8 Å².